The van der Waals surface area contributed by atoms with E-state index in [2.05, 4.69) is 5.32 Å². The van der Waals surface area contributed by atoms with E-state index in [0.29, 0.717) is 28.3 Å². The summed E-state index contributed by atoms with van der Waals surface area (Å²) in [5.74, 6) is 0.848. The van der Waals surface area contributed by atoms with E-state index in [0.717, 1.165) is 26.1 Å². The first-order valence-corrected chi connectivity index (χ1v) is 7.83. The molecule has 1 aromatic carbocycles. The topological polar surface area (TPSA) is 47.6 Å². The summed E-state index contributed by atoms with van der Waals surface area (Å²) in [6, 6.07) is 4.90. The van der Waals surface area contributed by atoms with Gasteiger partial charge in [0.1, 0.15) is 5.75 Å². The lowest BCUT2D eigenvalue weighted by Crippen LogP contribution is -2.31. The largest absolute Gasteiger partial charge is 0.482 e. The minimum absolute atomic E-state index is 0.0531. The van der Waals surface area contributed by atoms with Gasteiger partial charge >= 0.3 is 0 Å². The summed E-state index contributed by atoms with van der Waals surface area (Å²) in [5, 5.41) is 3.77. The highest BCUT2D eigenvalue weighted by Crippen LogP contribution is 2.27. The molecular formula is C15H19Cl2NO3. The van der Waals surface area contributed by atoms with Crippen molar-refractivity contribution in [2.24, 2.45) is 5.92 Å². The van der Waals surface area contributed by atoms with Crippen LogP contribution in [0.1, 0.15) is 19.3 Å². The number of hydrogen-bond donors (Lipinski definition) is 1. The van der Waals surface area contributed by atoms with Crippen molar-refractivity contribution in [1.29, 1.82) is 0 Å². The summed E-state index contributed by atoms with van der Waals surface area (Å²) >= 11 is 11.8. The molecule has 1 saturated heterocycles. The Morgan fingerprint density at radius 3 is 3.00 bits per heavy atom. The lowest BCUT2D eigenvalue weighted by Gasteiger charge is -2.21. The van der Waals surface area contributed by atoms with Crippen LogP contribution in [0, 0.1) is 5.92 Å². The van der Waals surface area contributed by atoms with Gasteiger partial charge in [-0.15, -0.1) is 0 Å². The minimum Gasteiger partial charge on any atom is -0.482 e. The van der Waals surface area contributed by atoms with Gasteiger partial charge in [-0.2, -0.15) is 0 Å². The van der Waals surface area contributed by atoms with E-state index in [1.54, 1.807) is 18.2 Å². The average Bonchev–Trinajstić information content (AvgIpc) is 2.47. The van der Waals surface area contributed by atoms with Crippen molar-refractivity contribution in [2.75, 3.05) is 26.4 Å². The monoisotopic (exact) mass is 331 g/mol. The van der Waals surface area contributed by atoms with Gasteiger partial charge in [-0.05, 0) is 43.4 Å². The van der Waals surface area contributed by atoms with Gasteiger partial charge in [-0.1, -0.05) is 23.2 Å². The van der Waals surface area contributed by atoms with Crippen LogP contribution in [0.25, 0.3) is 0 Å². The van der Waals surface area contributed by atoms with Crippen LogP contribution in [0.5, 0.6) is 5.75 Å². The molecule has 116 valence electrons. The quantitative estimate of drug-likeness (QED) is 0.869. The third-order valence-electron chi connectivity index (χ3n) is 3.38. The maximum absolute atomic E-state index is 11.7. The lowest BCUT2D eigenvalue weighted by molar-refractivity contribution is -0.123. The Hall–Kier alpha value is -0.970. The number of benzene rings is 1. The van der Waals surface area contributed by atoms with Crippen LogP contribution in [-0.2, 0) is 9.53 Å². The van der Waals surface area contributed by atoms with Crippen molar-refractivity contribution in [2.45, 2.75) is 19.3 Å². The van der Waals surface area contributed by atoms with E-state index in [1.165, 1.54) is 6.42 Å². The third-order valence-corrected chi connectivity index (χ3v) is 3.91. The van der Waals surface area contributed by atoms with Crippen LogP contribution in [0.4, 0.5) is 0 Å². The first-order chi connectivity index (χ1) is 10.1. The average molecular weight is 332 g/mol. The Bertz CT molecular complexity index is 476. The minimum atomic E-state index is -0.155. The van der Waals surface area contributed by atoms with Gasteiger partial charge in [-0.25, -0.2) is 0 Å². The summed E-state index contributed by atoms with van der Waals surface area (Å²) in [6.07, 6.45) is 3.22. The van der Waals surface area contributed by atoms with E-state index in [-0.39, 0.29) is 12.5 Å². The van der Waals surface area contributed by atoms with Crippen LogP contribution in [0.15, 0.2) is 18.2 Å². The second-order valence-electron chi connectivity index (χ2n) is 5.09. The molecule has 1 amide bonds. The molecule has 0 aliphatic carbocycles. The smallest absolute Gasteiger partial charge is 0.257 e. The Morgan fingerprint density at radius 1 is 1.43 bits per heavy atom. The molecule has 21 heavy (non-hydrogen) atoms. The fourth-order valence-electron chi connectivity index (χ4n) is 2.24. The number of amides is 1. The fourth-order valence-corrected chi connectivity index (χ4v) is 2.70. The number of rotatable bonds is 6. The molecule has 1 fully saturated rings. The van der Waals surface area contributed by atoms with Gasteiger partial charge in [0.2, 0.25) is 0 Å². The van der Waals surface area contributed by atoms with Gasteiger partial charge in [0.05, 0.1) is 5.02 Å². The van der Waals surface area contributed by atoms with Crippen LogP contribution < -0.4 is 10.1 Å². The van der Waals surface area contributed by atoms with Crippen molar-refractivity contribution in [3.63, 3.8) is 0 Å². The van der Waals surface area contributed by atoms with Gasteiger partial charge in [0.25, 0.3) is 5.91 Å². The van der Waals surface area contributed by atoms with Gasteiger partial charge < -0.3 is 14.8 Å². The highest BCUT2D eigenvalue weighted by Gasteiger charge is 2.14. The molecule has 1 N–H and O–H groups in total. The molecule has 1 heterocycles. The molecule has 0 unspecified atom stereocenters. The van der Waals surface area contributed by atoms with E-state index in [9.17, 15) is 4.79 Å². The highest BCUT2D eigenvalue weighted by atomic mass is 35.5. The van der Waals surface area contributed by atoms with E-state index in [1.807, 2.05) is 0 Å². The zero-order valence-electron chi connectivity index (χ0n) is 11.7. The van der Waals surface area contributed by atoms with Crippen molar-refractivity contribution in [1.82, 2.24) is 5.32 Å². The Balaban J connectivity index is 1.65. The second-order valence-corrected chi connectivity index (χ2v) is 5.93. The number of ether oxygens (including phenoxy) is 2. The normalized spacial score (nSPS) is 18.3. The molecular weight excluding hydrogens is 313 g/mol. The lowest BCUT2D eigenvalue weighted by atomic mass is 9.99. The number of carbonyl (C=O) groups is 1. The molecule has 6 heteroatoms. The van der Waals surface area contributed by atoms with Crippen LogP contribution in [0.3, 0.4) is 0 Å². The summed E-state index contributed by atoms with van der Waals surface area (Å²) in [6.45, 7) is 2.25. The maximum atomic E-state index is 11.7. The highest BCUT2D eigenvalue weighted by molar-refractivity contribution is 6.35. The molecule has 1 aromatic rings. The number of hydrogen-bond acceptors (Lipinski definition) is 3. The van der Waals surface area contributed by atoms with Gasteiger partial charge in [0.15, 0.2) is 6.61 Å². The molecule has 4 nitrogen and oxygen atoms in total. The van der Waals surface area contributed by atoms with Crippen molar-refractivity contribution in [3.8, 4) is 5.75 Å². The summed E-state index contributed by atoms with van der Waals surface area (Å²) in [4.78, 5) is 11.7. The molecule has 1 aliphatic heterocycles. The Kier molecular flexibility index (Phi) is 6.61. The second kappa shape index (κ2) is 8.47. The Morgan fingerprint density at radius 2 is 2.29 bits per heavy atom. The zero-order chi connectivity index (χ0) is 15.1. The summed E-state index contributed by atoms with van der Waals surface area (Å²) < 4.78 is 10.8. The van der Waals surface area contributed by atoms with Crippen molar-refractivity contribution < 1.29 is 14.3 Å². The molecule has 0 saturated carbocycles. The molecule has 0 bridgehead atoms. The van der Waals surface area contributed by atoms with Crippen LogP contribution in [-0.4, -0.2) is 32.3 Å². The number of halogens is 2. The van der Waals surface area contributed by atoms with Crippen LogP contribution >= 0.6 is 23.2 Å². The SMILES string of the molecule is O=C(COc1ccc(Cl)cc1Cl)NCC[C@H]1CCCOC1. The predicted molar refractivity (Wildman–Crippen MR) is 83.1 cm³/mol. The van der Waals surface area contributed by atoms with E-state index < -0.39 is 0 Å². The molecule has 0 radical (unpaired) electrons. The maximum Gasteiger partial charge on any atom is 0.257 e. The summed E-state index contributed by atoms with van der Waals surface area (Å²) in [7, 11) is 0. The van der Waals surface area contributed by atoms with Crippen molar-refractivity contribution in [3.05, 3.63) is 28.2 Å². The van der Waals surface area contributed by atoms with Gasteiger partial charge in [0, 0.05) is 24.8 Å². The zero-order valence-corrected chi connectivity index (χ0v) is 13.3. The van der Waals surface area contributed by atoms with E-state index >= 15 is 0 Å². The van der Waals surface area contributed by atoms with Crippen molar-refractivity contribution >= 4 is 29.1 Å². The molecule has 2 rings (SSSR count). The van der Waals surface area contributed by atoms with Crippen LogP contribution in [0.2, 0.25) is 10.0 Å². The van der Waals surface area contributed by atoms with E-state index in [4.69, 9.17) is 32.7 Å². The third kappa shape index (κ3) is 5.73. The molecule has 1 aliphatic rings. The van der Waals surface area contributed by atoms with Gasteiger partial charge in [-0.3, -0.25) is 4.79 Å². The number of carbonyl (C=O) groups excluding carboxylic acids is 1. The first kappa shape index (κ1) is 16.4. The predicted octanol–water partition coefficient (Wildman–Crippen LogP) is 3.31. The Labute approximate surface area is 134 Å². The standard InChI is InChI=1S/C15H19Cl2NO3/c16-12-3-4-14(13(17)8-12)21-10-15(19)18-6-5-11-2-1-7-20-9-11/h3-4,8,11H,1-2,5-7,9-10H2,(H,18,19)/t11-/m1/s1. The molecule has 1 atom stereocenters. The first-order valence-electron chi connectivity index (χ1n) is 7.07. The molecule has 0 spiro atoms. The molecule has 0 aromatic heterocycles. The fraction of sp³-hybridized carbons (Fsp3) is 0.533. The summed E-state index contributed by atoms with van der Waals surface area (Å²) in [5.41, 5.74) is 0. The number of nitrogens with one attached hydrogen (secondary N) is 1.